The minimum Gasteiger partial charge on any atom is -0.662 e. The molecule has 2 heterocycles. The predicted octanol–water partition coefficient (Wildman–Crippen LogP) is 4.46. The summed E-state index contributed by atoms with van der Waals surface area (Å²) in [6.07, 6.45) is 8.15. The molecule has 0 unspecified atom stereocenters. The van der Waals surface area contributed by atoms with Crippen molar-refractivity contribution in [1.82, 2.24) is 0 Å². The Morgan fingerprint density at radius 3 is 0.759 bits per heavy atom. The molecule has 0 bridgehead atoms. The van der Waals surface area contributed by atoms with E-state index in [9.17, 15) is 0 Å². The van der Waals surface area contributed by atoms with Gasteiger partial charge in [-0.05, 0) is 27.7 Å². The molecule has 2 rings (SSSR count). The van der Waals surface area contributed by atoms with E-state index in [1.165, 1.54) is 66.2 Å². The van der Waals surface area contributed by atoms with Crippen LogP contribution in [0.2, 0.25) is 0 Å². The van der Waals surface area contributed by atoms with Crippen molar-refractivity contribution in [3.63, 3.8) is 0 Å². The smallest absolute Gasteiger partial charge is 0.662 e. The van der Waals surface area contributed by atoms with E-state index >= 15 is 0 Å². The van der Waals surface area contributed by atoms with E-state index in [1.54, 1.807) is 0 Å². The molecule has 2 fully saturated rings. The normalized spacial score (nSPS) is 17.8. The van der Waals surface area contributed by atoms with Crippen LogP contribution >= 0.6 is 0 Å². The molecule has 0 aliphatic carbocycles. The number of oxime groups is 4. The summed E-state index contributed by atoms with van der Waals surface area (Å²) in [7, 11) is 0. The van der Waals surface area contributed by atoms with Crippen LogP contribution in [0.15, 0.2) is 20.6 Å². The van der Waals surface area contributed by atoms with E-state index in [0.29, 0.717) is 22.8 Å². The van der Waals surface area contributed by atoms with E-state index in [2.05, 4.69) is 31.3 Å². The van der Waals surface area contributed by atoms with Gasteiger partial charge in [-0.15, -0.1) is 26.2 Å². The molecule has 171 valence electrons. The van der Waals surface area contributed by atoms with Gasteiger partial charge in [0.1, 0.15) is 22.8 Å². The fourth-order valence-electron chi connectivity index (χ4n) is 1.76. The fourth-order valence-corrected chi connectivity index (χ4v) is 1.76. The van der Waals surface area contributed by atoms with Crippen LogP contribution in [0.1, 0.15) is 66.2 Å². The van der Waals surface area contributed by atoms with Gasteiger partial charge in [-0.2, -0.15) is 0 Å². The van der Waals surface area contributed by atoms with E-state index in [0.717, 1.165) is 26.2 Å². The van der Waals surface area contributed by atoms with Gasteiger partial charge >= 0.3 is 16.8 Å². The summed E-state index contributed by atoms with van der Waals surface area (Å²) in [6.45, 7) is 10.6. The third kappa shape index (κ3) is 22.5. The largest absolute Gasteiger partial charge is 2.00 e. The van der Waals surface area contributed by atoms with Gasteiger partial charge in [0.2, 0.25) is 0 Å². The van der Waals surface area contributed by atoms with Crippen molar-refractivity contribution in [2.75, 3.05) is 26.2 Å². The average Bonchev–Trinajstić information content (AvgIpc) is 2.80. The summed E-state index contributed by atoms with van der Waals surface area (Å²) in [4.78, 5) is 0. The van der Waals surface area contributed by atoms with Gasteiger partial charge in [0.05, 0.1) is 0 Å². The van der Waals surface area contributed by atoms with Crippen molar-refractivity contribution < 1.29 is 37.6 Å². The Kier molecular flexibility index (Phi) is 26.9. The van der Waals surface area contributed by atoms with Crippen molar-refractivity contribution in [3.05, 3.63) is 10.6 Å². The standard InChI is InChI=1S/2C5H10N.2C4H8N2O2.Co/c2*1-2-4-6-5-3-1;2*1-3(5-7)4(2)6-8;/h2*1-5H2;2*7-8H,1-2H3;/q2*-1;;;+2/b;;2*5-3+,6-4+;. The number of nitrogens with zero attached hydrogens (tertiary/aromatic N) is 6. The summed E-state index contributed by atoms with van der Waals surface area (Å²) < 4.78 is 0. The Balaban J connectivity index is -0.000000309. The van der Waals surface area contributed by atoms with Gasteiger partial charge in [-0.1, -0.05) is 59.1 Å². The van der Waals surface area contributed by atoms with Gasteiger partial charge in [-0.3, -0.25) is 0 Å². The van der Waals surface area contributed by atoms with Gasteiger partial charge < -0.3 is 31.5 Å². The van der Waals surface area contributed by atoms with Gasteiger partial charge in [0.15, 0.2) is 0 Å². The van der Waals surface area contributed by atoms with Crippen LogP contribution in [-0.4, -0.2) is 69.9 Å². The molecule has 4 N–H and O–H groups in total. The topological polar surface area (TPSA) is 159 Å². The molecule has 2 aliphatic heterocycles. The first-order valence-electron chi connectivity index (χ1n) is 9.46. The van der Waals surface area contributed by atoms with Gasteiger partial charge in [0, 0.05) is 0 Å². The van der Waals surface area contributed by atoms with Crippen LogP contribution in [-0.2, 0) is 16.8 Å². The number of hydrogen-bond donors (Lipinski definition) is 4. The Morgan fingerprint density at radius 2 is 0.690 bits per heavy atom. The van der Waals surface area contributed by atoms with Crippen LogP contribution in [0, 0.1) is 0 Å². The van der Waals surface area contributed by atoms with Crippen LogP contribution in [0.25, 0.3) is 10.6 Å². The average molecular weight is 459 g/mol. The quantitative estimate of drug-likeness (QED) is 0.273. The first kappa shape index (κ1) is 32.0. The van der Waals surface area contributed by atoms with Crippen molar-refractivity contribution in [1.29, 1.82) is 0 Å². The molecule has 1 radical (unpaired) electrons. The van der Waals surface area contributed by atoms with Crippen LogP contribution in [0.4, 0.5) is 0 Å². The third-order valence-electron chi connectivity index (χ3n) is 3.91. The maximum atomic E-state index is 8.03. The van der Waals surface area contributed by atoms with E-state index < -0.39 is 0 Å². The summed E-state index contributed by atoms with van der Waals surface area (Å²) in [5.74, 6) is 0. The molecule has 0 spiro atoms. The Bertz CT molecular complexity index is 392. The van der Waals surface area contributed by atoms with Crippen molar-refractivity contribution in [3.8, 4) is 0 Å². The van der Waals surface area contributed by atoms with Crippen molar-refractivity contribution in [2.45, 2.75) is 66.2 Å². The van der Waals surface area contributed by atoms with Crippen LogP contribution in [0.5, 0.6) is 0 Å². The summed E-state index contributed by atoms with van der Waals surface area (Å²) >= 11 is 0. The zero-order valence-electron chi connectivity index (χ0n) is 17.9. The van der Waals surface area contributed by atoms with Gasteiger partial charge in [0.25, 0.3) is 0 Å². The first-order valence-corrected chi connectivity index (χ1v) is 9.46. The zero-order valence-corrected chi connectivity index (χ0v) is 18.9. The molecule has 11 heteroatoms. The second kappa shape index (κ2) is 24.3. The maximum Gasteiger partial charge on any atom is 2.00 e. The summed E-state index contributed by atoms with van der Waals surface area (Å²) in [5.41, 5.74) is 1.25. The van der Waals surface area contributed by atoms with Crippen LogP contribution < -0.4 is 0 Å². The van der Waals surface area contributed by atoms with Gasteiger partial charge in [-0.25, -0.2) is 0 Å². The Morgan fingerprint density at radius 1 is 0.483 bits per heavy atom. The minimum absolute atomic E-state index is 0. The zero-order chi connectivity index (χ0) is 21.6. The predicted molar refractivity (Wildman–Crippen MR) is 113 cm³/mol. The second-order valence-corrected chi connectivity index (χ2v) is 6.20. The van der Waals surface area contributed by atoms with Crippen molar-refractivity contribution >= 4 is 22.8 Å². The third-order valence-corrected chi connectivity index (χ3v) is 3.91. The molecule has 2 aliphatic rings. The molecule has 0 amide bonds. The first-order chi connectivity index (χ1) is 13.4. The van der Waals surface area contributed by atoms with Crippen molar-refractivity contribution in [2.24, 2.45) is 20.6 Å². The summed E-state index contributed by atoms with van der Waals surface area (Å²) in [5, 5.41) is 51.6. The molecular weight excluding hydrogens is 423 g/mol. The maximum absolute atomic E-state index is 8.03. The molecule has 0 aromatic heterocycles. The monoisotopic (exact) mass is 459 g/mol. The Hall–Kier alpha value is -1.69. The molecule has 0 aromatic rings. The molecule has 0 atom stereocenters. The molecule has 0 saturated carbocycles. The van der Waals surface area contributed by atoms with E-state index in [4.69, 9.17) is 20.8 Å². The SMILES string of the molecule is C1CC[N-]CC1.C1CC[N-]CC1.CC(=N\O)/C(C)=N/O.CC(=N\O)/C(C)=N/O.[Co+2]. The number of piperidine rings is 2. The molecule has 2 saturated heterocycles. The minimum atomic E-state index is 0. The van der Waals surface area contributed by atoms with Crippen LogP contribution in [0.3, 0.4) is 0 Å². The molecule has 0 aromatic carbocycles. The van der Waals surface area contributed by atoms with E-state index in [1.807, 2.05) is 0 Å². The molecule has 10 nitrogen and oxygen atoms in total. The fraction of sp³-hybridized carbons (Fsp3) is 0.778. The number of hydrogen-bond acceptors (Lipinski definition) is 8. The molecule has 29 heavy (non-hydrogen) atoms. The number of rotatable bonds is 2. The summed E-state index contributed by atoms with van der Waals surface area (Å²) in [6, 6.07) is 0. The van der Waals surface area contributed by atoms with E-state index in [-0.39, 0.29) is 16.8 Å². The Labute approximate surface area is 184 Å². The molecular formula is C18H36CoN6O4. The second-order valence-electron chi connectivity index (χ2n) is 6.20.